The van der Waals surface area contributed by atoms with E-state index in [0.29, 0.717) is 11.7 Å². The molecule has 0 spiro atoms. The zero-order valence-corrected chi connectivity index (χ0v) is 10.2. The van der Waals surface area contributed by atoms with Crippen molar-refractivity contribution in [1.82, 2.24) is 0 Å². The number of furan rings is 1. The molecule has 0 aliphatic heterocycles. The Morgan fingerprint density at radius 1 is 1.44 bits per heavy atom. The lowest BCUT2D eigenvalue weighted by Crippen LogP contribution is -2.29. The Morgan fingerprint density at radius 2 is 2.22 bits per heavy atom. The molecule has 96 valence electrons. The van der Waals surface area contributed by atoms with E-state index in [1.807, 2.05) is 6.07 Å². The van der Waals surface area contributed by atoms with Crippen molar-refractivity contribution in [2.75, 3.05) is 7.11 Å². The largest absolute Gasteiger partial charge is 0.456 e. The fraction of sp³-hybridized carbons (Fsp3) is 0.429. The summed E-state index contributed by atoms with van der Waals surface area (Å²) in [5.74, 6) is 0.739. The van der Waals surface area contributed by atoms with Crippen LogP contribution in [0.5, 0.6) is 0 Å². The average Bonchev–Trinajstić information content (AvgIpc) is 3.08. The van der Waals surface area contributed by atoms with Crippen molar-refractivity contribution in [1.29, 1.82) is 0 Å². The molecular weight excluding hydrogens is 233 g/mol. The molecule has 1 aliphatic rings. The molecule has 0 amide bonds. The van der Waals surface area contributed by atoms with Crippen LogP contribution in [0.3, 0.4) is 0 Å². The summed E-state index contributed by atoms with van der Waals surface area (Å²) in [5.41, 5.74) is 6.44. The molecule has 1 aromatic carbocycles. The second-order valence-corrected chi connectivity index (χ2v) is 4.87. The minimum atomic E-state index is -0.355. The topological polar surface area (TPSA) is 48.4 Å². The minimum Gasteiger partial charge on any atom is -0.456 e. The van der Waals surface area contributed by atoms with Crippen LogP contribution in [0.2, 0.25) is 0 Å². The predicted molar refractivity (Wildman–Crippen MR) is 66.6 cm³/mol. The van der Waals surface area contributed by atoms with E-state index >= 15 is 0 Å². The molecule has 2 unspecified atom stereocenters. The van der Waals surface area contributed by atoms with Gasteiger partial charge in [-0.05, 0) is 30.9 Å². The third-order valence-electron chi connectivity index (χ3n) is 3.56. The zero-order chi connectivity index (χ0) is 12.7. The first kappa shape index (κ1) is 11.7. The van der Waals surface area contributed by atoms with Crippen molar-refractivity contribution in [2.45, 2.75) is 25.0 Å². The van der Waals surface area contributed by atoms with Crippen molar-refractivity contribution in [3.63, 3.8) is 0 Å². The molecule has 0 radical (unpaired) electrons. The van der Waals surface area contributed by atoms with Gasteiger partial charge in [0, 0.05) is 12.5 Å². The van der Waals surface area contributed by atoms with Gasteiger partial charge in [-0.25, -0.2) is 4.39 Å². The van der Waals surface area contributed by atoms with E-state index in [4.69, 9.17) is 14.9 Å². The van der Waals surface area contributed by atoms with Crippen molar-refractivity contribution in [3.05, 3.63) is 35.8 Å². The summed E-state index contributed by atoms with van der Waals surface area (Å²) in [6.07, 6.45) is 2.23. The van der Waals surface area contributed by atoms with Crippen molar-refractivity contribution < 1.29 is 13.5 Å². The van der Waals surface area contributed by atoms with Gasteiger partial charge in [-0.2, -0.15) is 0 Å². The second kappa shape index (κ2) is 4.37. The fourth-order valence-electron chi connectivity index (χ4n) is 2.43. The minimum absolute atomic E-state index is 0.0476. The molecule has 2 aromatic rings. The van der Waals surface area contributed by atoms with E-state index < -0.39 is 0 Å². The first-order valence-corrected chi connectivity index (χ1v) is 6.17. The van der Waals surface area contributed by atoms with Gasteiger partial charge in [-0.3, -0.25) is 0 Å². The molecule has 1 aromatic heterocycles. The van der Waals surface area contributed by atoms with Crippen molar-refractivity contribution in [2.24, 2.45) is 11.7 Å². The number of ether oxygens (including phenoxy) is 1. The molecule has 0 bridgehead atoms. The van der Waals surface area contributed by atoms with Crippen LogP contribution in [0.4, 0.5) is 4.39 Å². The lowest BCUT2D eigenvalue weighted by Gasteiger charge is -2.20. The van der Waals surface area contributed by atoms with Gasteiger partial charge in [0.1, 0.15) is 5.76 Å². The zero-order valence-electron chi connectivity index (χ0n) is 10.2. The smallest absolute Gasteiger partial charge is 0.169 e. The van der Waals surface area contributed by atoms with Crippen LogP contribution in [-0.4, -0.2) is 13.2 Å². The summed E-state index contributed by atoms with van der Waals surface area (Å²) in [4.78, 5) is 0. The fourth-order valence-corrected chi connectivity index (χ4v) is 2.43. The highest BCUT2D eigenvalue weighted by molar-refractivity contribution is 5.78. The van der Waals surface area contributed by atoms with E-state index in [2.05, 4.69) is 0 Å². The van der Waals surface area contributed by atoms with Crippen LogP contribution in [0.1, 0.15) is 24.6 Å². The number of halogens is 1. The first-order chi connectivity index (χ1) is 8.70. The quantitative estimate of drug-likeness (QED) is 0.906. The molecule has 1 saturated carbocycles. The molecular formula is C14H16FNO2. The number of benzene rings is 1. The molecule has 0 saturated heterocycles. The van der Waals surface area contributed by atoms with Gasteiger partial charge in [0.05, 0.1) is 12.1 Å². The van der Waals surface area contributed by atoms with E-state index in [1.165, 1.54) is 6.07 Å². The van der Waals surface area contributed by atoms with Gasteiger partial charge >= 0.3 is 0 Å². The normalized spacial score (nSPS) is 19.1. The van der Waals surface area contributed by atoms with Crippen molar-refractivity contribution in [3.8, 4) is 0 Å². The molecule has 3 nitrogen and oxygen atoms in total. The number of rotatable bonds is 4. The predicted octanol–water partition coefficient (Wildman–Crippen LogP) is 3.00. The van der Waals surface area contributed by atoms with Crippen molar-refractivity contribution >= 4 is 11.0 Å². The second-order valence-electron chi connectivity index (χ2n) is 4.87. The third kappa shape index (κ3) is 1.91. The first-order valence-electron chi connectivity index (χ1n) is 6.17. The Kier molecular flexibility index (Phi) is 2.84. The summed E-state index contributed by atoms with van der Waals surface area (Å²) in [6.45, 7) is 0. The molecule has 3 rings (SSSR count). The molecule has 18 heavy (non-hydrogen) atoms. The monoisotopic (exact) mass is 249 g/mol. The van der Waals surface area contributed by atoms with E-state index in [9.17, 15) is 4.39 Å². The van der Waals surface area contributed by atoms with Crippen LogP contribution < -0.4 is 5.73 Å². The Bertz CT molecular complexity index is 562. The van der Waals surface area contributed by atoms with Gasteiger partial charge in [0.2, 0.25) is 0 Å². The summed E-state index contributed by atoms with van der Waals surface area (Å²) in [5, 5.41) is 0.742. The standard InChI is InChI=1S/C14H16FNO2/c1-17-14(8-5-6-8)12(16)11-7-9-3-2-4-10(15)13(9)18-11/h2-4,7-8,12,14H,5-6,16H2,1H3. The van der Waals surface area contributed by atoms with E-state index in [1.54, 1.807) is 19.2 Å². The Labute approximate surface area is 105 Å². The van der Waals surface area contributed by atoms with Crippen LogP contribution in [0, 0.1) is 11.7 Å². The van der Waals surface area contributed by atoms with Crippen LogP contribution in [0.15, 0.2) is 28.7 Å². The van der Waals surface area contributed by atoms with Gasteiger partial charge in [0.25, 0.3) is 0 Å². The SMILES string of the molecule is COC(C1CC1)C(N)c1cc2cccc(F)c2o1. The highest BCUT2D eigenvalue weighted by Gasteiger charge is 2.37. The summed E-state index contributed by atoms with van der Waals surface area (Å²) < 4.78 is 24.5. The average molecular weight is 249 g/mol. The molecule has 1 heterocycles. The number of nitrogens with two attached hydrogens (primary N) is 1. The van der Waals surface area contributed by atoms with E-state index in [-0.39, 0.29) is 23.5 Å². The number of hydrogen-bond donors (Lipinski definition) is 1. The Balaban J connectivity index is 1.95. The molecule has 1 aliphatic carbocycles. The molecule has 1 fully saturated rings. The van der Waals surface area contributed by atoms with Gasteiger partial charge < -0.3 is 14.9 Å². The van der Waals surface area contributed by atoms with Gasteiger partial charge in [0.15, 0.2) is 11.4 Å². The maximum Gasteiger partial charge on any atom is 0.169 e. The third-order valence-corrected chi connectivity index (χ3v) is 3.56. The highest BCUT2D eigenvalue weighted by Crippen LogP contribution is 2.39. The summed E-state index contributed by atoms with van der Waals surface area (Å²) >= 11 is 0. The Hall–Kier alpha value is -1.39. The summed E-state index contributed by atoms with van der Waals surface area (Å²) in [6, 6.07) is 6.33. The van der Waals surface area contributed by atoms with Crippen LogP contribution >= 0.6 is 0 Å². The van der Waals surface area contributed by atoms with Crippen LogP contribution in [0.25, 0.3) is 11.0 Å². The molecule has 2 N–H and O–H groups in total. The highest BCUT2D eigenvalue weighted by atomic mass is 19.1. The maximum atomic E-state index is 13.6. The number of fused-ring (bicyclic) bond motifs is 1. The number of hydrogen-bond acceptors (Lipinski definition) is 3. The molecule has 4 heteroatoms. The lowest BCUT2D eigenvalue weighted by molar-refractivity contribution is 0.0568. The Morgan fingerprint density at radius 3 is 2.83 bits per heavy atom. The molecule has 2 atom stereocenters. The lowest BCUT2D eigenvalue weighted by atomic mass is 10.0. The van der Waals surface area contributed by atoms with Crippen LogP contribution in [-0.2, 0) is 4.74 Å². The van der Waals surface area contributed by atoms with Gasteiger partial charge in [-0.1, -0.05) is 12.1 Å². The van der Waals surface area contributed by atoms with E-state index in [0.717, 1.165) is 18.2 Å². The summed E-state index contributed by atoms with van der Waals surface area (Å²) in [7, 11) is 1.66. The number of para-hydroxylation sites is 1. The number of methoxy groups -OCH3 is 1. The maximum absolute atomic E-state index is 13.6. The van der Waals surface area contributed by atoms with Gasteiger partial charge in [-0.15, -0.1) is 0 Å².